The lowest BCUT2D eigenvalue weighted by Crippen LogP contribution is -2.30. The summed E-state index contributed by atoms with van der Waals surface area (Å²) in [6.07, 6.45) is 3.57. The highest BCUT2D eigenvalue weighted by molar-refractivity contribution is 5.96. The van der Waals surface area contributed by atoms with Crippen LogP contribution in [0.4, 0.5) is 5.82 Å². The molecule has 1 aromatic heterocycles. The van der Waals surface area contributed by atoms with Crippen molar-refractivity contribution in [3.63, 3.8) is 0 Å². The molecule has 0 atom stereocenters. The van der Waals surface area contributed by atoms with Crippen LogP contribution in [0.25, 0.3) is 0 Å². The van der Waals surface area contributed by atoms with Crippen LogP contribution in [0.2, 0.25) is 0 Å². The van der Waals surface area contributed by atoms with Crippen LogP contribution >= 0.6 is 0 Å². The number of carbonyl (C=O) groups is 1. The number of nitrogens with two attached hydrogens (primary N) is 1. The van der Waals surface area contributed by atoms with Gasteiger partial charge in [-0.2, -0.15) is 0 Å². The Hall–Kier alpha value is -2.83. The quantitative estimate of drug-likeness (QED) is 0.866. The van der Waals surface area contributed by atoms with Gasteiger partial charge < -0.3 is 20.1 Å². The van der Waals surface area contributed by atoms with Gasteiger partial charge in [0.15, 0.2) is 23.0 Å². The van der Waals surface area contributed by atoms with Crippen LogP contribution in [0.15, 0.2) is 30.6 Å². The van der Waals surface area contributed by atoms with Gasteiger partial charge in [0.25, 0.3) is 5.91 Å². The monoisotopic (exact) mass is 316 g/mol. The van der Waals surface area contributed by atoms with Gasteiger partial charge in [-0.15, -0.1) is 0 Å². The molecule has 7 nitrogen and oxygen atoms in total. The number of amides is 1. The Bertz CT molecular complexity index is 691. The summed E-state index contributed by atoms with van der Waals surface area (Å²) in [6.45, 7) is 0.518. The number of ether oxygens (including phenoxy) is 2. The molecule has 2 rings (SSSR count). The predicted octanol–water partition coefficient (Wildman–Crippen LogP) is 1.39. The van der Waals surface area contributed by atoms with Gasteiger partial charge in [0, 0.05) is 26.0 Å². The number of nitrogens with zero attached hydrogens (tertiary/aromatic N) is 3. The number of hydrogen-bond donors (Lipinski definition) is 1. The van der Waals surface area contributed by atoms with Crippen LogP contribution in [-0.4, -0.2) is 48.6 Å². The minimum Gasteiger partial charge on any atom is -0.493 e. The van der Waals surface area contributed by atoms with Crippen LogP contribution in [0.3, 0.4) is 0 Å². The molecule has 0 bridgehead atoms. The third-order valence-corrected chi connectivity index (χ3v) is 3.46. The zero-order valence-electron chi connectivity index (χ0n) is 13.4. The maximum atomic E-state index is 12.3. The van der Waals surface area contributed by atoms with Crippen LogP contribution < -0.4 is 15.2 Å². The highest BCUT2D eigenvalue weighted by Gasteiger charge is 2.16. The summed E-state index contributed by atoms with van der Waals surface area (Å²) >= 11 is 0. The standard InChI is InChI=1S/C16H20N4O3/c1-20(16(21)14-15(17)19-8-7-18-14)9-6-11-4-5-12(22-2)13(10-11)23-3/h4-5,7-8,10H,6,9H2,1-3H3,(H2,17,19). The van der Waals surface area contributed by atoms with Gasteiger partial charge in [-0.05, 0) is 24.1 Å². The van der Waals surface area contributed by atoms with E-state index < -0.39 is 0 Å². The maximum absolute atomic E-state index is 12.3. The van der Waals surface area contributed by atoms with Crippen molar-refractivity contribution in [3.05, 3.63) is 41.9 Å². The van der Waals surface area contributed by atoms with Crippen molar-refractivity contribution in [2.24, 2.45) is 0 Å². The molecule has 122 valence electrons. The molecule has 0 saturated heterocycles. The Labute approximate surface area is 135 Å². The summed E-state index contributed by atoms with van der Waals surface area (Å²) in [5.41, 5.74) is 6.89. The predicted molar refractivity (Wildman–Crippen MR) is 86.7 cm³/mol. The lowest BCUT2D eigenvalue weighted by molar-refractivity contribution is 0.0791. The van der Waals surface area contributed by atoms with E-state index in [0.717, 1.165) is 5.56 Å². The topological polar surface area (TPSA) is 90.6 Å². The maximum Gasteiger partial charge on any atom is 0.276 e. The van der Waals surface area contributed by atoms with Gasteiger partial charge in [0.2, 0.25) is 0 Å². The number of likely N-dealkylation sites (N-methyl/N-ethyl adjacent to an activating group) is 1. The van der Waals surface area contributed by atoms with E-state index in [1.165, 1.54) is 12.4 Å². The van der Waals surface area contributed by atoms with E-state index in [0.29, 0.717) is 24.5 Å². The molecule has 0 saturated carbocycles. The fraction of sp³-hybridized carbons (Fsp3) is 0.312. The lowest BCUT2D eigenvalue weighted by Gasteiger charge is -2.17. The molecule has 0 radical (unpaired) electrons. The summed E-state index contributed by atoms with van der Waals surface area (Å²) in [6, 6.07) is 5.68. The molecule has 0 spiro atoms. The van der Waals surface area contributed by atoms with E-state index >= 15 is 0 Å². The van der Waals surface area contributed by atoms with E-state index in [1.807, 2.05) is 18.2 Å². The summed E-state index contributed by atoms with van der Waals surface area (Å²) in [5, 5.41) is 0. The first-order chi connectivity index (χ1) is 11.1. The Balaban J connectivity index is 2.03. The zero-order chi connectivity index (χ0) is 16.8. The molecule has 0 fully saturated rings. The molecule has 0 unspecified atom stereocenters. The largest absolute Gasteiger partial charge is 0.493 e. The summed E-state index contributed by atoms with van der Waals surface area (Å²) in [4.78, 5) is 21.7. The second kappa shape index (κ2) is 7.44. The number of hydrogen-bond acceptors (Lipinski definition) is 6. The average molecular weight is 316 g/mol. The van der Waals surface area contributed by atoms with Crippen molar-refractivity contribution in [2.75, 3.05) is 33.5 Å². The molecule has 0 aliphatic rings. The number of benzene rings is 1. The van der Waals surface area contributed by atoms with E-state index in [1.54, 1.807) is 26.2 Å². The Morgan fingerprint density at radius 3 is 2.52 bits per heavy atom. The fourth-order valence-corrected chi connectivity index (χ4v) is 2.13. The zero-order valence-corrected chi connectivity index (χ0v) is 13.4. The average Bonchev–Trinajstić information content (AvgIpc) is 2.59. The first-order valence-electron chi connectivity index (χ1n) is 7.09. The molecule has 1 heterocycles. The van der Waals surface area contributed by atoms with Gasteiger partial charge >= 0.3 is 0 Å². The van der Waals surface area contributed by atoms with Crippen molar-refractivity contribution in [1.82, 2.24) is 14.9 Å². The molecular weight excluding hydrogens is 296 g/mol. The third-order valence-electron chi connectivity index (χ3n) is 3.46. The van der Waals surface area contributed by atoms with Crippen LogP contribution in [0.1, 0.15) is 16.1 Å². The Morgan fingerprint density at radius 1 is 1.17 bits per heavy atom. The smallest absolute Gasteiger partial charge is 0.276 e. The molecule has 23 heavy (non-hydrogen) atoms. The summed E-state index contributed by atoms with van der Waals surface area (Å²) < 4.78 is 10.5. The van der Waals surface area contributed by atoms with Crippen molar-refractivity contribution in [3.8, 4) is 11.5 Å². The second-order valence-corrected chi connectivity index (χ2v) is 4.96. The number of carbonyl (C=O) groups excluding carboxylic acids is 1. The highest BCUT2D eigenvalue weighted by Crippen LogP contribution is 2.27. The summed E-state index contributed by atoms with van der Waals surface area (Å²) in [7, 11) is 4.89. The van der Waals surface area contributed by atoms with E-state index in [9.17, 15) is 4.79 Å². The van der Waals surface area contributed by atoms with Crippen LogP contribution in [0.5, 0.6) is 11.5 Å². The van der Waals surface area contributed by atoms with Gasteiger partial charge in [-0.3, -0.25) is 4.79 Å². The lowest BCUT2D eigenvalue weighted by atomic mass is 10.1. The van der Waals surface area contributed by atoms with Crippen molar-refractivity contribution >= 4 is 11.7 Å². The summed E-state index contributed by atoms with van der Waals surface area (Å²) in [5.74, 6) is 1.22. The van der Waals surface area contributed by atoms with Crippen molar-refractivity contribution in [1.29, 1.82) is 0 Å². The van der Waals surface area contributed by atoms with Gasteiger partial charge in [0.1, 0.15) is 0 Å². The fourth-order valence-electron chi connectivity index (χ4n) is 2.13. The molecule has 2 aromatic rings. The Morgan fingerprint density at radius 2 is 1.87 bits per heavy atom. The number of methoxy groups -OCH3 is 2. The van der Waals surface area contributed by atoms with Crippen LogP contribution in [0, 0.1) is 0 Å². The second-order valence-electron chi connectivity index (χ2n) is 4.96. The molecular formula is C16H20N4O3. The van der Waals surface area contributed by atoms with Gasteiger partial charge in [-0.25, -0.2) is 9.97 Å². The third kappa shape index (κ3) is 3.88. The highest BCUT2D eigenvalue weighted by atomic mass is 16.5. The number of nitrogen functional groups attached to an aromatic ring is 1. The first-order valence-corrected chi connectivity index (χ1v) is 7.09. The number of aromatic nitrogens is 2. The van der Waals surface area contributed by atoms with E-state index in [-0.39, 0.29) is 17.4 Å². The van der Waals surface area contributed by atoms with Gasteiger partial charge in [-0.1, -0.05) is 6.07 Å². The molecule has 7 heteroatoms. The van der Waals surface area contributed by atoms with Crippen LogP contribution in [-0.2, 0) is 6.42 Å². The number of anilines is 1. The number of rotatable bonds is 6. The van der Waals surface area contributed by atoms with Crippen molar-refractivity contribution < 1.29 is 14.3 Å². The minimum absolute atomic E-state index is 0.135. The normalized spacial score (nSPS) is 10.2. The van der Waals surface area contributed by atoms with E-state index in [4.69, 9.17) is 15.2 Å². The molecule has 0 aliphatic heterocycles. The molecule has 2 N–H and O–H groups in total. The molecule has 1 aromatic carbocycles. The first kappa shape index (κ1) is 16.5. The van der Waals surface area contributed by atoms with E-state index in [2.05, 4.69) is 9.97 Å². The molecule has 1 amide bonds. The van der Waals surface area contributed by atoms with Crippen molar-refractivity contribution in [2.45, 2.75) is 6.42 Å². The van der Waals surface area contributed by atoms with Gasteiger partial charge in [0.05, 0.1) is 14.2 Å². The minimum atomic E-state index is -0.254. The Kier molecular flexibility index (Phi) is 5.35. The SMILES string of the molecule is COc1ccc(CCN(C)C(=O)c2nccnc2N)cc1OC. The molecule has 0 aliphatic carbocycles.